The Morgan fingerprint density at radius 2 is 2.24 bits per heavy atom. The molecule has 0 aliphatic heterocycles. The summed E-state index contributed by atoms with van der Waals surface area (Å²) in [7, 11) is 0. The highest BCUT2D eigenvalue weighted by atomic mass is 79.9. The first-order chi connectivity index (χ1) is 8.15. The van der Waals surface area contributed by atoms with Crippen LogP contribution in [-0.4, -0.2) is 10.1 Å². The van der Waals surface area contributed by atoms with Gasteiger partial charge in [0.05, 0.1) is 6.54 Å². The first kappa shape index (κ1) is 12.5. The average Bonchev–Trinajstić information content (AvgIpc) is 2.68. The van der Waals surface area contributed by atoms with E-state index in [4.69, 9.17) is 16.1 Å². The summed E-state index contributed by atoms with van der Waals surface area (Å²) in [6.07, 6.45) is 0. The molecule has 4 nitrogen and oxygen atoms in total. The van der Waals surface area contributed by atoms with E-state index in [1.807, 2.05) is 18.2 Å². The summed E-state index contributed by atoms with van der Waals surface area (Å²) in [6.45, 7) is 3.06. The molecule has 0 spiro atoms. The van der Waals surface area contributed by atoms with Gasteiger partial charge in [0.2, 0.25) is 5.89 Å². The van der Waals surface area contributed by atoms with E-state index in [9.17, 15) is 0 Å². The lowest BCUT2D eigenvalue weighted by molar-refractivity contribution is 0.385. The fourth-order valence-electron chi connectivity index (χ4n) is 1.39. The number of hydrogen-bond donors (Lipinski definition) is 1. The number of hydrogen-bond acceptors (Lipinski definition) is 4. The third kappa shape index (κ3) is 3.52. The fraction of sp³-hybridized carbons (Fsp3) is 0.273. The van der Waals surface area contributed by atoms with Crippen molar-refractivity contribution in [3.8, 4) is 0 Å². The van der Waals surface area contributed by atoms with Crippen molar-refractivity contribution in [2.75, 3.05) is 0 Å². The zero-order valence-corrected chi connectivity index (χ0v) is 11.5. The lowest BCUT2D eigenvalue weighted by Crippen LogP contribution is -2.14. The van der Waals surface area contributed by atoms with Crippen LogP contribution in [0.1, 0.15) is 17.3 Å². The Labute approximate surface area is 112 Å². The minimum atomic E-state index is 0.576. The van der Waals surface area contributed by atoms with Crippen molar-refractivity contribution in [3.63, 3.8) is 0 Å². The Morgan fingerprint density at radius 3 is 2.88 bits per heavy atom. The van der Waals surface area contributed by atoms with E-state index in [0.717, 1.165) is 15.1 Å². The fourth-order valence-corrected chi connectivity index (χ4v) is 2.21. The molecule has 0 bridgehead atoms. The number of benzene rings is 1. The van der Waals surface area contributed by atoms with E-state index in [-0.39, 0.29) is 0 Å². The Morgan fingerprint density at radius 1 is 1.41 bits per heavy atom. The molecule has 1 aromatic heterocycles. The topological polar surface area (TPSA) is 51.0 Å². The number of aromatic nitrogens is 2. The zero-order valence-electron chi connectivity index (χ0n) is 9.20. The standard InChI is InChI=1S/C11H11BrClN3O/c1-7-15-11(16-17-7)6-14-5-8-2-3-9(13)4-10(8)12/h2-4,14H,5-6H2,1H3. The summed E-state index contributed by atoms with van der Waals surface area (Å²) in [5, 5.41) is 7.75. The van der Waals surface area contributed by atoms with Crippen LogP contribution in [0.2, 0.25) is 5.02 Å². The van der Waals surface area contributed by atoms with Crippen molar-refractivity contribution in [2.24, 2.45) is 0 Å². The molecule has 2 rings (SSSR count). The molecule has 90 valence electrons. The van der Waals surface area contributed by atoms with E-state index in [1.165, 1.54) is 0 Å². The third-order valence-corrected chi connectivity index (χ3v) is 3.16. The monoisotopic (exact) mass is 315 g/mol. The average molecular weight is 317 g/mol. The maximum absolute atomic E-state index is 5.87. The highest BCUT2D eigenvalue weighted by molar-refractivity contribution is 9.10. The van der Waals surface area contributed by atoms with Crippen LogP contribution in [0.4, 0.5) is 0 Å². The second-order valence-electron chi connectivity index (χ2n) is 3.57. The van der Waals surface area contributed by atoms with E-state index >= 15 is 0 Å². The first-order valence-corrected chi connectivity index (χ1v) is 6.26. The lowest BCUT2D eigenvalue weighted by atomic mass is 10.2. The molecule has 17 heavy (non-hydrogen) atoms. The molecule has 0 radical (unpaired) electrons. The van der Waals surface area contributed by atoms with E-state index in [0.29, 0.717) is 24.8 Å². The van der Waals surface area contributed by atoms with Crippen molar-refractivity contribution in [1.82, 2.24) is 15.5 Å². The number of rotatable bonds is 4. The number of halogens is 2. The van der Waals surface area contributed by atoms with Gasteiger partial charge < -0.3 is 9.84 Å². The maximum Gasteiger partial charge on any atom is 0.223 e. The molecule has 0 saturated heterocycles. The summed E-state index contributed by atoms with van der Waals surface area (Å²) in [5.41, 5.74) is 1.13. The minimum Gasteiger partial charge on any atom is -0.340 e. The Kier molecular flexibility index (Phi) is 4.15. The van der Waals surface area contributed by atoms with Gasteiger partial charge in [0.1, 0.15) is 0 Å². The van der Waals surface area contributed by atoms with Crippen LogP contribution in [0.3, 0.4) is 0 Å². The summed E-state index contributed by atoms with van der Waals surface area (Å²) < 4.78 is 5.87. The minimum absolute atomic E-state index is 0.576. The van der Waals surface area contributed by atoms with Gasteiger partial charge in [-0.25, -0.2) is 0 Å². The summed E-state index contributed by atoms with van der Waals surface area (Å²) >= 11 is 9.33. The van der Waals surface area contributed by atoms with Gasteiger partial charge in [-0.1, -0.05) is 38.8 Å². The van der Waals surface area contributed by atoms with Gasteiger partial charge >= 0.3 is 0 Å². The molecule has 1 heterocycles. The molecule has 2 aromatic rings. The molecule has 0 aliphatic rings. The highest BCUT2D eigenvalue weighted by Gasteiger charge is 2.03. The number of nitrogens with one attached hydrogen (secondary N) is 1. The first-order valence-electron chi connectivity index (χ1n) is 5.09. The predicted octanol–water partition coefficient (Wildman–Crippen LogP) is 3.08. The van der Waals surface area contributed by atoms with E-state index < -0.39 is 0 Å². The number of aryl methyl sites for hydroxylation is 1. The van der Waals surface area contributed by atoms with Crippen LogP contribution in [-0.2, 0) is 13.1 Å². The van der Waals surface area contributed by atoms with Gasteiger partial charge in [-0.2, -0.15) is 4.98 Å². The quantitative estimate of drug-likeness (QED) is 0.942. The van der Waals surface area contributed by atoms with Crippen molar-refractivity contribution in [1.29, 1.82) is 0 Å². The largest absolute Gasteiger partial charge is 0.340 e. The second-order valence-corrected chi connectivity index (χ2v) is 4.86. The van der Waals surface area contributed by atoms with Crippen LogP contribution in [0.25, 0.3) is 0 Å². The molecule has 0 fully saturated rings. The van der Waals surface area contributed by atoms with E-state index in [1.54, 1.807) is 6.92 Å². The van der Waals surface area contributed by atoms with Gasteiger partial charge in [0.15, 0.2) is 5.82 Å². The van der Waals surface area contributed by atoms with Gasteiger partial charge in [0, 0.05) is 23.0 Å². The molecule has 0 amide bonds. The highest BCUT2D eigenvalue weighted by Crippen LogP contribution is 2.21. The predicted molar refractivity (Wildman–Crippen MR) is 68.7 cm³/mol. The Hall–Kier alpha value is -0.910. The van der Waals surface area contributed by atoms with Crippen LogP contribution in [0, 0.1) is 6.92 Å². The van der Waals surface area contributed by atoms with Crippen molar-refractivity contribution >= 4 is 27.5 Å². The molecule has 6 heteroatoms. The normalized spacial score (nSPS) is 10.8. The zero-order chi connectivity index (χ0) is 12.3. The lowest BCUT2D eigenvalue weighted by Gasteiger charge is -2.05. The van der Waals surface area contributed by atoms with Crippen molar-refractivity contribution in [2.45, 2.75) is 20.0 Å². The smallest absolute Gasteiger partial charge is 0.223 e. The maximum atomic E-state index is 5.87. The molecule has 0 unspecified atom stereocenters. The Bertz CT molecular complexity index is 515. The summed E-state index contributed by atoms with van der Waals surface area (Å²) in [5.74, 6) is 1.24. The van der Waals surface area contributed by atoms with Gasteiger partial charge in [-0.05, 0) is 17.7 Å². The van der Waals surface area contributed by atoms with Crippen LogP contribution in [0.5, 0.6) is 0 Å². The van der Waals surface area contributed by atoms with E-state index in [2.05, 4.69) is 31.4 Å². The second kappa shape index (κ2) is 5.62. The van der Waals surface area contributed by atoms with Gasteiger partial charge in [0.25, 0.3) is 0 Å². The SMILES string of the molecule is Cc1nc(CNCc2ccc(Cl)cc2Br)no1. The molecule has 0 saturated carbocycles. The van der Waals surface area contributed by atoms with Crippen molar-refractivity contribution < 1.29 is 4.52 Å². The summed E-state index contributed by atoms with van der Waals surface area (Å²) in [6, 6.07) is 5.71. The molecule has 1 aromatic carbocycles. The molecule has 0 atom stereocenters. The van der Waals surface area contributed by atoms with Crippen molar-refractivity contribution in [3.05, 3.63) is 45.0 Å². The van der Waals surface area contributed by atoms with Gasteiger partial charge in [-0.15, -0.1) is 0 Å². The molecule has 0 aliphatic carbocycles. The molecular weight excluding hydrogens is 305 g/mol. The summed E-state index contributed by atoms with van der Waals surface area (Å²) in [4.78, 5) is 4.11. The van der Waals surface area contributed by atoms with Gasteiger partial charge in [-0.3, -0.25) is 0 Å². The number of nitrogens with zero attached hydrogens (tertiary/aromatic N) is 2. The third-order valence-electron chi connectivity index (χ3n) is 2.18. The Balaban J connectivity index is 1.90. The molecule has 1 N–H and O–H groups in total. The van der Waals surface area contributed by atoms with Crippen LogP contribution < -0.4 is 5.32 Å². The molecular formula is C11H11BrClN3O. The van der Waals surface area contributed by atoms with Crippen LogP contribution >= 0.6 is 27.5 Å². The van der Waals surface area contributed by atoms with Crippen LogP contribution in [0.15, 0.2) is 27.2 Å².